The summed E-state index contributed by atoms with van der Waals surface area (Å²) in [6.07, 6.45) is 5.36. The third-order valence-electron chi connectivity index (χ3n) is 11.5. The molecule has 7 heteroatoms. The molecule has 256 valence electrons. The Morgan fingerprint density at radius 2 is 1.52 bits per heavy atom. The molecule has 7 nitrogen and oxygen atoms in total. The number of aliphatic hydroxyl groups is 1. The summed E-state index contributed by atoms with van der Waals surface area (Å²) < 4.78 is 6.48. The van der Waals surface area contributed by atoms with Crippen LogP contribution in [0.4, 0.5) is 0 Å². The number of hydrogen-bond donors (Lipinski definition) is 2. The molecule has 8 rings (SSSR count). The monoisotopic (exact) mass is 668 g/mol. The molecule has 50 heavy (non-hydrogen) atoms. The predicted octanol–water partition coefficient (Wildman–Crippen LogP) is 6.84. The largest absolute Gasteiger partial charge is 0.507 e. The molecule has 3 fully saturated rings. The summed E-state index contributed by atoms with van der Waals surface area (Å²) in [5.41, 5.74) is 6.47. The van der Waals surface area contributed by atoms with Crippen molar-refractivity contribution in [2.75, 3.05) is 26.3 Å². The number of benzene rings is 4. The summed E-state index contributed by atoms with van der Waals surface area (Å²) in [4.78, 5) is 32.1. The molecule has 0 saturated carbocycles. The molecule has 3 aliphatic heterocycles. The average Bonchev–Trinajstić information content (AvgIpc) is 3.69. The molecule has 0 bridgehead atoms. The zero-order valence-electron chi connectivity index (χ0n) is 28.3. The van der Waals surface area contributed by atoms with Gasteiger partial charge in [0.05, 0.1) is 31.2 Å². The van der Waals surface area contributed by atoms with Crippen molar-refractivity contribution in [1.82, 2.24) is 9.80 Å². The number of imide groups is 1. The van der Waals surface area contributed by atoms with Crippen LogP contribution in [0, 0.1) is 17.8 Å². The number of aliphatic hydroxyl groups excluding tert-OH is 1. The second-order valence-electron chi connectivity index (χ2n) is 14.3. The lowest BCUT2D eigenvalue weighted by Gasteiger charge is -2.36. The fourth-order valence-electron chi connectivity index (χ4n) is 9.04. The molecule has 4 aliphatic rings. The van der Waals surface area contributed by atoms with Crippen molar-refractivity contribution in [3.05, 3.63) is 125 Å². The minimum Gasteiger partial charge on any atom is -0.507 e. The van der Waals surface area contributed by atoms with Crippen LogP contribution in [-0.4, -0.2) is 70.3 Å². The Bertz CT molecular complexity index is 1950. The number of likely N-dealkylation sites (tertiary alicyclic amines) is 2. The number of hydrogen-bond acceptors (Lipinski definition) is 6. The minimum atomic E-state index is -0.425. The van der Waals surface area contributed by atoms with Crippen molar-refractivity contribution in [2.24, 2.45) is 17.8 Å². The summed E-state index contributed by atoms with van der Waals surface area (Å²) in [5, 5.41) is 22.9. The van der Waals surface area contributed by atoms with E-state index in [-0.39, 0.29) is 42.2 Å². The highest BCUT2D eigenvalue weighted by Gasteiger charge is 2.58. The molecule has 3 heterocycles. The van der Waals surface area contributed by atoms with Gasteiger partial charge in [0.25, 0.3) is 0 Å². The molecule has 0 spiro atoms. The molecule has 2 amide bonds. The van der Waals surface area contributed by atoms with Crippen LogP contribution in [-0.2, 0) is 20.9 Å². The van der Waals surface area contributed by atoms with Gasteiger partial charge in [0.1, 0.15) is 5.75 Å². The molecular formula is C43H44N2O5. The molecular weight excluding hydrogens is 624 g/mol. The molecule has 4 atom stereocenters. The number of fused-ring (bicyclic) bond motifs is 4. The van der Waals surface area contributed by atoms with Crippen molar-refractivity contribution in [1.29, 1.82) is 0 Å². The first-order chi connectivity index (χ1) is 24.5. The first kappa shape index (κ1) is 32.6. The lowest BCUT2D eigenvalue weighted by Crippen LogP contribution is -2.47. The summed E-state index contributed by atoms with van der Waals surface area (Å²) in [6.45, 7) is 2.84. The summed E-state index contributed by atoms with van der Waals surface area (Å²) in [5.74, 6) is -0.890. The Morgan fingerprint density at radius 1 is 0.820 bits per heavy atom. The van der Waals surface area contributed by atoms with Gasteiger partial charge in [-0.15, -0.1) is 0 Å². The third kappa shape index (κ3) is 6.08. The summed E-state index contributed by atoms with van der Waals surface area (Å²) in [7, 11) is 0. The van der Waals surface area contributed by atoms with Gasteiger partial charge in [-0.1, -0.05) is 97.1 Å². The normalized spacial score (nSPS) is 24.7. The number of piperidine rings is 1. The van der Waals surface area contributed by atoms with Crippen molar-refractivity contribution in [3.8, 4) is 5.75 Å². The fourth-order valence-corrected chi connectivity index (χ4v) is 9.04. The lowest BCUT2D eigenvalue weighted by molar-refractivity contribution is -0.144. The average molecular weight is 669 g/mol. The summed E-state index contributed by atoms with van der Waals surface area (Å²) >= 11 is 0. The molecule has 2 N–H and O–H groups in total. The standard InChI is InChI=1S/C43H44N2O5/c46-26-32-24-36-41(43(49)45(42(36)48)33-19-21-44(22-20-33)25-28-9-3-1-4-10-28)37-27-50-39(40(32)37)18-16-30(29-11-5-2-6-12-29)23-31-15-17-38(47)35-14-8-7-13-34(31)35/h1-15,17,23,33,36-37,39,41,46-47H,16,18-22,24-27H2/b30-23-/t36-,37+,39-,41-/m1/s1. The highest BCUT2D eigenvalue weighted by atomic mass is 16.5. The van der Waals surface area contributed by atoms with Crippen LogP contribution in [0.5, 0.6) is 5.75 Å². The predicted molar refractivity (Wildman–Crippen MR) is 195 cm³/mol. The van der Waals surface area contributed by atoms with Gasteiger partial charge in [-0.2, -0.15) is 0 Å². The van der Waals surface area contributed by atoms with E-state index in [1.807, 2.05) is 54.6 Å². The van der Waals surface area contributed by atoms with E-state index in [0.29, 0.717) is 25.9 Å². The first-order valence-corrected chi connectivity index (χ1v) is 18.0. The molecule has 0 unspecified atom stereocenters. The molecule has 1 aliphatic carbocycles. The number of aromatic hydroxyl groups is 1. The van der Waals surface area contributed by atoms with E-state index in [1.165, 1.54) is 5.56 Å². The topological polar surface area (TPSA) is 90.3 Å². The highest BCUT2D eigenvalue weighted by molar-refractivity contribution is 6.06. The van der Waals surface area contributed by atoms with E-state index in [1.54, 1.807) is 11.0 Å². The van der Waals surface area contributed by atoms with Gasteiger partial charge in [0.15, 0.2) is 0 Å². The number of carbonyl (C=O) groups excluding carboxylic acids is 2. The van der Waals surface area contributed by atoms with Gasteiger partial charge in [0.2, 0.25) is 11.8 Å². The quantitative estimate of drug-likeness (QED) is 0.115. The second kappa shape index (κ2) is 14.0. The van der Waals surface area contributed by atoms with Crippen LogP contribution in [0.2, 0.25) is 0 Å². The van der Waals surface area contributed by atoms with Gasteiger partial charge < -0.3 is 14.9 Å². The minimum absolute atomic E-state index is 0.0469. The number of nitrogens with zero attached hydrogens (tertiary/aromatic N) is 2. The van der Waals surface area contributed by atoms with Crippen molar-refractivity contribution in [2.45, 2.75) is 50.8 Å². The van der Waals surface area contributed by atoms with E-state index in [4.69, 9.17) is 4.74 Å². The third-order valence-corrected chi connectivity index (χ3v) is 11.5. The number of amides is 2. The smallest absolute Gasteiger partial charge is 0.234 e. The van der Waals surface area contributed by atoms with Gasteiger partial charge in [0, 0.05) is 37.0 Å². The number of rotatable bonds is 9. The maximum Gasteiger partial charge on any atom is 0.234 e. The van der Waals surface area contributed by atoms with Crippen LogP contribution in [0.3, 0.4) is 0 Å². The Labute approximate surface area is 293 Å². The number of carbonyl (C=O) groups is 2. The molecule has 3 saturated heterocycles. The number of allylic oxidation sites excluding steroid dienone is 1. The summed E-state index contributed by atoms with van der Waals surface area (Å²) in [6, 6.07) is 32.2. The van der Waals surface area contributed by atoms with Gasteiger partial charge in [-0.05, 0) is 77.0 Å². The van der Waals surface area contributed by atoms with Crippen molar-refractivity contribution >= 4 is 34.2 Å². The van der Waals surface area contributed by atoms with Crippen molar-refractivity contribution in [3.63, 3.8) is 0 Å². The first-order valence-electron chi connectivity index (χ1n) is 18.0. The van der Waals surface area contributed by atoms with Gasteiger partial charge >= 0.3 is 0 Å². The number of phenolic OH excluding ortho intramolecular Hbond substituents is 1. The van der Waals surface area contributed by atoms with Crippen molar-refractivity contribution < 1.29 is 24.5 Å². The number of phenols is 1. The van der Waals surface area contributed by atoms with Crippen LogP contribution in [0.15, 0.2) is 108 Å². The van der Waals surface area contributed by atoms with E-state index < -0.39 is 11.8 Å². The molecule has 4 aromatic rings. The van der Waals surface area contributed by atoms with Crippen LogP contribution < -0.4 is 0 Å². The lowest BCUT2D eigenvalue weighted by atomic mass is 9.69. The zero-order chi connectivity index (χ0) is 34.2. The Balaban J connectivity index is 1.000. The van der Waals surface area contributed by atoms with E-state index >= 15 is 0 Å². The Kier molecular flexibility index (Phi) is 9.13. The Hall–Kier alpha value is -4.56. The van der Waals surface area contributed by atoms with E-state index in [2.05, 4.69) is 47.4 Å². The maximum absolute atomic E-state index is 14.2. The Morgan fingerprint density at radius 3 is 2.26 bits per heavy atom. The zero-order valence-corrected chi connectivity index (χ0v) is 28.3. The van der Waals surface area contributed by atoms with E-state index in [9.17, 15) is 19.8 Å². The van der Waals surface area contributed by atoms with Crippen LogP contribution in [0.1, 0.15) is 48.8 Å². The molecule has 0 aromatic heterocycles. The van der Waals surface area contributed by atoms with Crippen LogP contribution in [0.25, 0.3) is 22.4 Å². The molecule has 4 aromatic carbocycles. The van der Waals surface area contributed by atoms with E-state index in [0.717, 1.165) is 71.1 Å². The number of ether oxygens (including phenoxy) is 1. The molecule has 0 radical (unpaired) electrons. The SMILES string of the molecule is O=C1[C@@H]2[C@@H](CC(CO)=C3[C@@H](CC/C(=C/c4ccc(O)c5ccccc45)c4ccccc4)OC[C@@H]32)C(=O)N1C1CCN(Cc2ccccc2)CC1. The highest BCUT2D eigenvalue weighted by Crippen LogP contribution is 2.50. The van der Waals surface area contributed by atoms with Gasteiger partial charge in [-0.3, -0.25) is 19.4 Å². The fraction of sp³-hybridized carbons (Fsp3) is 0.349. The van der Waals surface area contributed by atoms with Gasteiger partial charge in [-0.25, -0.2) is 0 Å². The second-order valence-corrected chi connectivity index (χ2v) is 14.3. The van der Waals surface area contributed by atoms with Crippen LogP contribution >= 0.6 is 0 Å². The maximum atomic E-state index is 14.2.